The van der Waals surface area contributed by atoms with E-state index in [0.717, 1.165) is 16.4 Å². The van der Waals surface area contributed by atoms with Crippen molar-refractivity contribution in [2.75, 3.05) is 13.7 Å². The first-order chi connectivity index (χ1) is 14.7. The zero-order valence-corrected chi connectivity index (χ0v) is 18.0. The Morgan fingerprint density at radius 2 is 2.07 bits per heavy atom. The van der Waals surface area contributed by atoms with Crippen LogP contribution in [-0.4, -0.2) is 34.5 Å². The fraction of sp³-hybridized carbons (Fsp3) is 0.190. The van der Waals surface area contributed by atoms with Gasteiger partial charge in [-0.2, -0.15) is 0 Å². The zero-order valence-electron chi connectivity index (χ0n) is 16.4. The van der Waals surface area contributed by atoms with Crippen molar-refractivity contribution in [2.24, 2.45) is 0 Å². The van der Waals surface area contributed by atoms with Gasteiger partial charge in [-0.3, -0.25) is 4.57 Å². The summed E-state index contributed by atoms with van der Waals surface area (Å²) in [6.07, 6.45) is 1.49. The number of carbonyl (C=O) groups excluding carboxylic acids is 1. The number of thiophene rings is 1. The molecule has 0 unspecified atom stereocenters. The Bertz CT molecular complexity index is 1140. The molecular formula is C21H19N3O4S2. The number of nitrogens with zero attached hydrogens (tertiary/aromatic N) is 3. The molecule has 4 aromatic rings. The molecule has 0 saturated heterocycles. The lowest BCUT2D eigenvalue weighted by atomic mass is 10.3. The number of furan rings is 1. The van der Waals surface area contributed by atoms with Crippen LogP contribution in [0.1, 0.15) is 23.0 Å². The second-order valence-corrected chi connectivity index (χ2v) is 7.95. The average molecular weight is 442 g/mol. The molecule has 3 aromatic heterocycles. The van der Waals surface area contributed by atoms with Gasteiger partial charge in [0, 0.05) is 0 Å². The highest BCUT2D eigenvalue weighted by molar-refractivity contribution is 7.98. The number of hydrogen-bond acceptors (Lipinski definition) is 8. The van der Waals surface area contributed by atoms with Gasteiger partial charge < -0.3 is 13.9 Å². The van der Waals surface area contributed by atoms with Gasteiger partial charge in [-0.05, 0) is 36.6 Å². The summed E-state index contributed by atoms with van der Waals surface area (Å²) in [5.74, 6) is 1.97. The molecule has 0 saturated carbocycles. The van der Waals surface area contributed by atoms with Crippen LogP contribution in [0.2, 0.25) is 0 Å². The molecule has 9 heteroatoms. The molecular weight excluding hydrogens is 422 g/mol. The van der Waals surface area contributed by atoms with E-state index in [2.05, 4.69) is 10.2 Å². The number of hydrogen-bond donors (Lipinski definition) is 0. The SMILES string of the molecule is CCOC(=O)c1ccoc1CSc1nnc(-c2cccs2)n1-c1ccccc1OC. The van der Waals surface area contributed by atoms with Crippen LogP contribution in [0.3, 0.4) is 0 Å². The molecule has 0 aliphatic heterocycles. The van der Waals surface area contributed by atoms with Crippen LogP contribution in [0.5, 0.6) is 5.75 Å². The van der Waals surface area contributed by atoms with E-state index in [1.165, 1.54) is 18.0 Å². The van der Waals surface area contributed by atoms with Gasteiger partial charge in [0.05, 0.1) is 36.3 Å². The summed E-state index contributed by atoms with van der Waals surface area (Å²) in [6.45, 7) is 2.08. The first-order valence-electron chi connectivity index (χ1n) is 9.22. The molecule has 0 atom stereocenters. The molecule has 0 aliphatic carbocycles. The highest BCUT2D eigenvalue weighted by atomic mass is 32.2. The van der Waals surface area contributed by atoms with Crippen molar-refractivity contribution in [2.45, 2.75) is 17.8 Å². The smallest absolute Gasteiger partial charge is 0.341 e. The molecule has 30 heavy (non-hydrogen) atoms. The van der Waals surface area contributed by atoms with Crippen LogP contribution in [0.15, 0.2) is 63.7 Å². The minimum atomic E-state index is -0.396. The Morgan fingerprint density at radius 1 is 1.20 bits per heavy atom. The predicted octanol–water partition coefficient (Wildman–Crippen LogP) is 5.07. The second kappa shape index (κ2) is 9.19. The minimum absolute atomic E-state index is 0.308. The third-order valence-corrected chi connectivity index (χ3v) is 6.07. The highest BCUT2D eigenvalue weighted by Gasteiger charge is 2.21. The molecule has 4 rings (SSSR count). The molecule has 0 N–H and O–H groups in total. The number of benzene rings is 1. The molecule has 3 heterocycles. The molecule has 0 spiro atoms. The van der Waals surface area contributed by atoms with Gasteiger partial charge >= 0.3 is 5.97 Å². The van der Waals surface area contributed by atoms with Gasteiger partial charge in [0.1, 0.15) is 17.1 Å². The van der Waals surface area contributed by atoms with Crippen LogP contribution < -0.4 is 4.74 Å². The van der Waals surface area contributed by atoms with Crippen molar-refractivity contribution in [3.63, 3.8) is 0 Å². The fourth-order valence-electron chi connectivity index (χ4n) is 2.93. The van der Waals surface area contributed by atoms with E-state index in [0.29, 0.717) is 34.6 Å². The lowest BCUT2D eigenvalue weighted by Crippen LogP contribution is -2.06. The minimum Gasteiger partial charge on any atom is -0.495 e. The van der Waals surface area contributed by atoms with Crippen molar-refractivity contribution >= 4 is 29.1 Å². The summed E-state index contributed by atoms with van der Waals surface area (Å²) >= 11 is 3.01. The molecule has 7 nitrogen and oxygen atoms in total. The summed E-state index contributed by atoms with van der Waals surface area (Å²) < 4.78 is 18.1. The van der Waals surface area contributed by atoms with Crippen LogP contribution in [0, 0.1) is 0 Å². The van der Waals surface area contributed by atoms with Gasteiger partial charge in [-0.15, -0.1) is 21.5 Å². The predicted molar refractivity (Wildman–Crippen MR) is 115 cm³/mol. The zero-order chi connectivity index (χ0) is 20.9. The lowest BCUT2D eigenvalue weighted by molar-refractivity contribution is 0.0524. The summed E-state index contributed by atoms with van der Waals surface area (Å²) in [6, 6.07) is 13.3. The second-order valence-electron chi connectivity index (χ2n) is 6.06. The number of esters is 1. The molecule has 0 amide bonds. The quantitative estimate of drug-likeness (QED) is 0.279. The lowest BCUT2D eigenvalue weighted by Gasteiger charge is -2.13. The average Bonchev–Trinajstić information content (AvgIpc) is 3.52. The first-order valence-corrected chi connectivity index (χ1v) is 11.1. The van der Waals surface area contributed by atoms with Gasteiger partial charge in [-0.1, -0.05) is 30.0 Å². The van der Waals surface area contributed by atoms with E-state index in [9.17, 15) is 4.79 Å². The molecule has 154 valence electrons. The normalized spacial score (nSPS) is 10.9. The Hall–Kier alpha value is -3.04. The maximum Gasteiger partial charge on any atom is 0.341 e. The van der Waals surface area contributed by atoms with Crippen LogP contribution in [-0.2, 0) is 10.5 Å². The van der Waals surface area contributed by atoms with E-state index in [1.54, 1.807) is 31.4 Å². The molecule has 0 bridgehead atoms. The summed E-state index contributed by atoms with van der Waals surface area (Å²) in [4.78, 5) is 13.1. The van der Waals surface area contributed by atoms with Gasteiger partial charge in [0.25, 0.3) is 0 Å². The molecule has 0 aliphatic rings. The first kappa shape index (κ1) is 20.2. The number of carbonyl (C=O) groups is 1. The van der Waals surface area contributed by atoms with E-state index in [4.69, 9.17) is 13.9 Å². The van der Waals surface area contributed by atoms with Crippen LogP contribution in [0.4, 0.5) is 0 Å². The van der Waals surface area contributed by atoms with Gasteiger partial charge in [0.2, 0.25) is 0 Å². The monoisotopic (exact) mass is 441 g/mol. The van der Waals surface area contributed by atoms with Crippen molar-refractivity contribution in [1.82, 2.24) is 14.8 Å². The topological polar surface area (TPSA) is 79.4 Å². The van der Waals surface area contributed by atoms with Gasteiger partial charge in [-0.25, -0.2) is 4.79 Å². The summed E-state index contributed by atoms with van der Waals surface area (Å²) in [5.41, 5.74) is 1.26. The number of para-hydroxylation sites is 2. The molecule has 0 fully saturated rings. The number of methoxy groups -OCH3 is 1. The van der Waals surface area contributed by atoms with Crippen molar-refractivity contribution in [3.05, 3.63) is 65.4 Å². The largest absolute Gasteiger partial charge is 0.495 e. The maximum absolute atomic E-state index is 12.1. The number of thioether (sulfide) groups is 1. The fourth-order valence-corrected chi connectivity index (χ4v) is 4.53. The maximum atomic E-state index is 12.1. The highest BCUT2D eigenvalue weighted by Crippen LogP contribution is 2.35. The summed E-state index contributed by atoms with van der Waals surface area (Å²) in [5, 5.41) is 11.5. The Morgan fingerprint density at radius 3 is 2.83 bits per heavy atom. The third kappa shape index (κ3) is 3.99. The van der Waals surface area contributed by atoms with E-state index in [1.807, 2.05) is 46.3 Å². The van der Waals surface area contributed by atoms with Crippen LogP contribution in [0.25, 0.3) is 16.4 Å². The van der Waals surface area contributed by atoms with Crippen LogP contribution >= 0.6 is 23.1 Å². The Balaban J connectivity index is 1.70. The number of rotatable bonds is 8. The Kier molecular flexibility index (Phi) is 6.20. The molecule has 1 aromatic carbocycles. The number of ether oxygens (including phenoxy) is 2. The van der Waals surface area contributed by atoms with E-state index >= 15 is 0 Å². The standard InChI is InChI=1S/C21H19N3O4S2/c1-3-27-20(25)14-10-11-28-17(14)13-30-21-23-22-19(18-9-6-12-29-18)24(21)15-7-4-5-8-16(15)26-2/h4-12H,3,13H2,1-2H3. The van der Waals surface area contributed by atoms with Crippen molar-refractivity contribution in [3.8, 4) is 22.1 Å². The Labute approximate surface area is 181 Å². The van der Waals surface area contributed by atoms with Gasteiger partial charge in [0.15, 0.2) is 11.0 Å². The van der Waals surface area contributed by atoms with E-state index in [-0.39, 0.29) is 0 Å². The third-order valence-electron chi connectivity index (χ3n) is 4.27. The van der Waals surface area contributed by atoms with E-state index < -0.39 is 5.97 Å². The summed E-state index contributed by atoms with van der Waals surface area (Å²) in [7, 11) is 1.63. The number of aromatic nitrogens is 3. The van der Waals surface area contributed by atoms with Crippen molar-refractivity contribution < 1.29 is 18.7 Å². The van der Waals surface area contributed by atoms with Crippen molar-refractivity contribution in [1.29, 1.82) is 0 Å². The molecule has 0 radical (unpaired) electrons.